The molecule has 0 aliphatic heterocycles. The Morgan fingerprint density at radius 2 is 2.13 bits per heavy atom. The summed E-state index contributed by atoms with van der Waals surface area (Å²) in [6.45, 7) is 2.53. The van der Waals surface area contributed by atoms with Crippen molar-refractivity contribution in [2.24, 2.45) is 5.84 Å². The van der Waals surface area contributed by atoms with Crippen LogP contribution in [-0.2, 0) is 4.74 Å². The number of hydrogen-bond acceptors (Lipinski definition) is 3. The molecule has 2 unspecified atom stereocenters. The van der Waals surface area contributed by atoms with Gasteiger partial charge in [0.15, 0.2) is 0 Å². The molecule has 0 saturated carbocycles. The molecule has 15 heavy (non-hydrogen) atoms. The van der Waals surface area contributed by atoms with Gasteiger partial charge in [-0.1, -0.05) is 36.3 Å². The second-order valence-corrected chi connectivity index (χ2v) is 3.10. The standard InChI is InChI=1S/C12H16N2O/c1-3-11(14-13)12(15-4-2)10-8-6-5-7-9-10/h1,5-9,11-12,14H,4,13H2,2H3. The highest BCUT2D eigenvalue weighted by atomic mass is 16.5. The highest BCUT2D eigenvalue weighted by Gasteiger charge is 2.20. The van der Waals surface area contributed by atoms with Crippen molar-refractivity contribution in [2.45, 2.75) is 19.1 Å². The molecule has 1 rings (SSSR count). The first-order valence-electron chi connectivity index (χ1n) is 4.92. The van der Waals surface area contributed by atoms with E-state index in [0.717, 1.165) is 5.56 Å². The minimum atomic E-state index is -0.313. The van der Waals surface area contributed by atoms with Gasteiger partial charge in [-0.25, -0.2) is 5.43 Å². The molecule has 3 N–H and O–H groups in total. The summed E-state index contributed by atoms with van der Waals surface area (Å²) < 4.78 is 5.59. The predicted octanol–water partition coefficient (Wildman–Crippen LogP) is 1.23. The largest absolute Gasteiger partial charge is 0.371 e. The van der Waals surface area contributed by atoms with E-state index < -0.39 is 0 Å². The number of hydrazine groups is 1. The van der Waals surface area contributed by atoms with E-state index in [9.17, 15) is 0 Å². The number of hydrogen-bond donors (Lipinski definition) is 2. The van der Waals surface area contributed by atoms with Gasteiger partial charge in [0.1, 0.15) is 12.1 Å². The average molecular weight is 204 g/mol. The smallest absolute Gasteiger partial charge is 0.112 e. The Hall–Kier alpha value is -1.34. The van der Waals surface area contributed by atoms with Gasteiger partial charge in [-0.3, -0.25) is 5.84 Å². The van der Waals surface area contributed by atoms with Crippen LogP contribution in [-0.4, -0.2) is 12.6 Å². The Kier molecular flexibility index (Phi) is 4.85. The summed E-state index contributed by atoms with van der Waals surface area (Å²) in [6, 6.07) is 9.49. The van der Waals surface area contributed by atoms with Crippen LogP contribution in [0.5, 0.6) is 0 Å². The molecule has 3 nitrogen and oxygen atoms in total. The van der Waals surface area contributed by atoms with Crippen molar-refractivity contribution in [3.05, 3.63) is 35.9 Å². The minimum absolute atomic E-state index is 0.203. The fraction of sp³-hybridized carbons (Fsp3) is 0.333. The lowest BCUT2D eigenvalue weighted by atomic mass is 10.0. The molecular formula is C12H16N2O. The molecule has 80 valence electrons. The quantitative estimate of drug-likeness (QED) is 0.431. The van der Waals surface area contributed by atoms with Gasteiger partial charge in [0.25, 0.3) is 0 Å². The molecule has 0 aliphatic rings. The Morgan fingerprint density at radius 1 is 1.47 bits per heavy atom. The van der Waals surface area contributed by atoms with Crippen molar-refractivity contribution < 1.29 is 4.74 Å². The van der Waals surface area contributed by atoms with Crippen molar-refractivity contribution >= 4 is 0 Å². The SMILES string of the molecule is C#CC(NN)C(OCC)c1ccccc1. The fourth-order valence-corrected chi connectivity index (χ4v) is 1.43. The molecule has 0 spiro atoms. The predicted molar refractivity (Wildman–Crippen MR) is 60.8 cm³/mol. The lowest BCUT2D eigenvalue weighted by Crippen LogP contribution is -2.39. The zero-order chi connectivity index (χ0) is 11.1. The number of rotatable bonds is 5. The van der Waals surface area contributed by atoms with Crippen molar-refractivity contribution in [1.82, 2.24) is 5.43 Å². The van der Waals surface area contributed by atoms with Crippen LogP contribution in [0.25, 0.3) is 0 Å². The lowest BCUT2D eigenvalue weighted by Gasteiger charge is -2.22. The van der Waals surface area contributed by atoms with E-state index in [2.05, 4.69) is 11.3 Å². The van der Waals surface area contributed by atoms with Gasteiger partial charge >= 0.3 is 0 Å². The van der Waals surface area contributed by atoms with Gasteiger partial charge in [-0.05, 0) is 12.5 Å². The summed E-state index contributed by atoms with van der Waals surface area (Å²) in [5.74, 6) is 7.95. The molecular weight excluding hydrogens is 188 g/mol. The Balaban J connectivity index is 2.88. The van der Waals surface area contributed by atoms with E-state index in [1.54, 1.807) is 0 Å². The number of benzene rings is 1. The molecule has 0 aromatic heterocycles. The Morgan fingerprint density at radius 3 is 2.60 bits per heavy atom. The van der Waals surface area contributed by atoms with Crippen molar-refractivity contribution in [1.29, 1.82) is 0 Å². The molecule has 3 heteroatoms. The maximum absolute atomic E-state index is 5.59. The van der Waals surface area contributed by atoms with Crippen LogP contribution in [0.15, 0.2) is 30.3 Å². The molecule has 0 fully saturated rings. The fourth-order valence-electron chi connectivity index (χ4n) is 1.43. The van der Waals surface area contributed by atoms with Gasteiger partial charge < -0.3 is 4.74 Å². The van der Waals surface area contributed by atoms with E-state index in [1.807, 2.05) is 37.3 Å². The second kappa shape index (κ2) is 6.20. The normalized spacial score (nSPS) is 14.2. The minimum Gasteiger partial charge on any atom is -0.371 e. The zero-order valence-corrected chi connectivity index (χ0v) is 8.81. The van der Waals surface area contributed by atoms with E-state index in [-0.39, 0.29) is 12.1 Å². The van der Waals surface area contributed by atoms with Crippen LogP contribution in [0, 0.1) is 12.3 Å². The van der Waals surface area contributed by atoms with Gasteiger partial charge in [0, 0.05) is 6.61 Å². The van der Waals surface area contributed by atoms with E-state index in [1.165, 1.54) is 0 Å². The van der Waals surface area contributed by atoms with Crippen LogP contribution < -0.4 is 11.3 Å². The average Bonchev–Trinajstić information content (AvgIpc) is 2.30. The number of ether oxygens (including phenoxy) is 1. The van der Waals surface area contributed by atoms with Gasteiger partial charge in [0.2, 0.25) is 0 Å². The molecule has 0 amide bonds. The molecule has 0 saturated heterocycles. The first kappa shape index (κ1) is 11.7. The summed E-state index contributed by atoms with van der Waals surface area (Å²) in [7, 11) is 0. The third-order valence-corrected chi connectivity index (χ3v) is 2.14. The molecule has 0 heterocycles. The number of nitrogens with two attached hydrogens (primary N) is 1. The maximum Gasteiger partial charge on any atom is 0.112 e. The molecule has 1 aromatic carbocycles. The Bertz CT molecular complexity index is 318. The van der Waals surface area contributed by atoms with Gasteiger partial charge in [-0.2, -0.15) is 0 Å². The lowest BCUT2D eigenvalue weighted by molar-refractivity contribution is 0.0472. The first-order valence-corrected chi connectivity index (χ1v) is 4.92. The third kappa shape index (κ3) is 3.07. The third-order valence-electron chi connectivity index (χ3n) is 2.14. The molecule has 0 radical (unpaired) electrons. The van der Waals surface area contributed by atoms with Gasteiger partial charge in [0.05, 0.1) is 0 Å². The summed E-state index contributed by atoms with van der Waals surface area (Å²) >= 11 is 0. The summed E-state index contributed by atoms with van der Waals surface area (Å²) in [6.07, 6.45) is 5.18. The van der Waals surface area contributed by atoms with Crippen LogP contribution in [0.3, 0.4) is 0 Å². The monoisotopic (exact) mass is 204 g/mol. The summed E-state index contributed by atoms with van der Waals surface area (Å²) in [5.41, 5.74) is 3.60. The maximum atomic E-state index is 5.59. The van der Waals surface area contributed by atoms with Crippen molar-refractivity contribution in [2.75, 3.05) is 6.61 Å². The van der Waals surface area contributed by atoms with E-state index in [0.29, 0.717) is 6.61 Å². The molecule has 2 atom stereocenters. The molecule has 0 bridgehead atoms. The van der Waals surface area contributed by atoms with Crippen LogP contribution in [0.2, 0.25) is 0 Å². The van der Waals surface area contributed by atoms with Gasteiger partial charge in [-0.15, -0.1) is 6.42 Å². The topological polar surface area (TPSA) is 47.3 Å². The second-order valence-electron chi connectivity index (χ2n) is 3.10. The van der Waals surface area contributed by atoms with E-state index >= 15 is 0 Å². The Labute approximate surface area is 90.6 Å². The summed E-state index contributed by atoms with van der Waals surface area (Å²) in [5, 5.41) is 0. The number of terminal acetylenes is 1. The van der Waals surface area contributed by atoms with Crippen LogP contribution in [0.4, 0.5) is 0 Å². The first-order chi connectivity index (χ1) is 7.33. The van der Waals surface area contributed by atoms with Crippen LogP contribution in [0.1, 0.15) is 18.6 Å². The van der Waals surface area contributed by atoms with Crippen LogP contribution >= 0.6 is 0 Å². The molecule has 0 aliphatic carbocycles. The highest BCUT2D eigenvalue weighted by molar-refractivity contribution is 5.22. The zero-order valence-electron chi connectivity index (χ0n) is 8.81. The molecule has 1 aromatic rings. The highest BCUT2D eigenvalue weighted by Crippen LogP contribution is 2.20. The number of nitrogens with one attached hydrogen (secondary N) is 1. The summed E-state index contributed by atoms with van der Waals surface area (Å²) in [4.78, 5) is 0. The van der Waals surface area contributed by atoms with Crippen molar-refractivity contribution in [3.8, 4) is 12.3 Å². The van der Waals surface area contributed by atoms with E-state index in [4.69, 9.17) is 17.0 Å². The van der Waals surface area contributed by atoms with Crippen molar-refractivity contribution in [3.63, 3.8) is 0 Å².